The van der Waals surface area contributed by atoms with Crippen molar-refractivity contribution < 1.29 is 22.8 Å². The number of carbonyl (C=O) groups excluding carboxylic acids is 2. The lowest BCUT2D eigenvalue weighted by molar-refractivity contribution is -0.137. The summed E-state index contributed by atoms with van der Waals surface area (Å²) in [5, 5.41) is 4.99. The smallest absolute Gasteiger partial charge is 0.325 e. The van der Waals surface area contributed by atoms with Crippen LogP contribution in [0.3, 0.4) is 0 Å². The summed E-state index contributed by atoms with van der Waals surface area (Å²) in [6, 6.07) is 17.1. The van der Waals surface area contributed by atoms with E-state index in [0.717, 1.165) is 34.4 Å². The molecule has 32 heavy (non-hydrogen) atoms. The van der Waals surface area contributed by atoms with Gasteiger partial charge in [-0.3, -0.25) is 9.59 Å². The van der Waals surface area contributed by atoms with E-state index in [-0.39, 0.29) is 22.4 Å². The molecule has 0 heterocycles. The molecule has 3 rings (SSSR count). The van der Waals surface area contributed by atoms with Crippen LogP contribution in [0.4, 0.5) is 24.5 Å². The lowest BCUT2D eigenvalue weighted by atomic mass is 10.1. The summed E-state index contributed by atoms with van der Waals surface area (Å²) in [5.41, 5.74) is 0.822. The van der Waals surface area contributed by atoms with Crippen LogP contribution in [-0.4, -0.2) is 17.6 Å². The van der Waals surface area contributed by atoms with Crippen molar-refractivity contribution in [3.63, 3.8) is 0 Å². The van der Waals surface area contributed by atoms with E-state index >= 15 is 0 Å². The molecule has 4 nitrogen and oxygen atoms in total. The first kappa shape index (κ1) is 23.7. The van der Waals surface area contributed by atoms with Gasteiger partial charge in [0, 0.05) is 21.2 Å². The summed E-state index contributed by atoms with van der Waals surface area (Å²) in [7, 11) is 0. The van der Waals surface area contributed by atoms with Crippen LogP contribution in [0.15, 0.2) is 71.6 Å². The number of halogens is 4. The fourth-order valence-electron chi connectivity index (χ4n) is 2.74. The van der Waals surface area contributed by atoms with E-state index in [1.54, 1.807) is 36.4 Å². The SMILES string of the molecule is Cc1ccc(C(=O)Nc2ccc(SCC(=O)Nc3ccc(Cl)cc3C(F)(F)F)cc2)cc1. The molecule has 0 atom stereocenters. The molecule has 0 bridgehead atoms. The highest BCUT2D eigenvalue weighted by Crippen LogP contribution is 2.36. The Bertz CT molecular complexity index is 1120. The van der Waals surface area contributed by atoms with Crippen LogP contribution in [0.1, 0.15) is 21.5 Å². The van der Waals surface area contributed by atoms with E-state index in [1.807, 2.05) is 19.1 Å². The number of nitrogens with one attached hydrogen (secondary N) is 2. The second-order valence-corrected chi connectivity index (χ2v) is 8.35. The van der Waals surface area contributed by atoms with Crippen LogP contribution >= 0.6 is 23.4 Å². The number of anilines is 2. The number of hydrogen-bond acceptors (Lipinski definition) is 3. The Labute approximate surface area is 192 Å². The molecular formula is C23H18ClF3N2O2S. The molecule has 3 aromatic carbocycles. The first-order valence-corrected chi connectivity index (χ1v) is 10.8. The number of carbonyl (C=O) groups is 2. The van der Waals surface area contributed by atoms with Gasteiger partial charge in [-0.15, -0.1) is 11.8 Å². The van der Waals surface area contributed by atoms with Crippen molar-refractivity contribution >= 4 is 46.6 Å². The molecule has 0 radical (unpaired) electrons. The largest absolute Gasteiger partial charge is 0.418 e. The summed E-state index contributed by atoms with van der Waals surface area (Å²) >= 11 is 6.80. The third kappa shape index (κ3) is 6.51. The Balaban J connectivity index is 1.56. The Hall–Kier alpha value is -2.97. The normalized spacial score (nSPS) is 11.2. The molecule has 0 fully saturated rings. The number of aryl methyl sites for hydroxylation is 1. The minimum Gasteiger partial charge on any atom is -0.325 e. The molecule has 0 aliphatic heterocycles. The molecule has 0 aliphatic rings. The predicted octanol–water partition coefficient (Wildman–Crippen LogP) is 6.65. The van der Waals surface area contributed by atoms with Crippen molar-refractivity contribution in [3.05, 3.63) is 88.4 Å². The molecule has 0 spiro atoms. The van der Waals surface area contributed by atoms with Crippen LogP contribution in [0.25, 0.3) is 0 Å². The molecule has 2 amide bonds. The Morgan fingerprint density at radius 2 is 1.59 bits per heavy atom. The topological polar surface area (TPSA) is 58.2 Å². The second-order valence-electron chi connectivity index (χ2n) is 6.87. The molecule has 0 saturated heterocycles. The fourth-order valence-corrected chi connectivity index (χ4v) is 3.61. The molecule has 0 unspecified atom stereocenters. The van der Waals surface area contributed by atoms with Crippen LogP contribution in [-0.2, 0) is 11.0 Å². The van der Waals surface area contributed by atoms with E-state index < -0.39 is 17.6 Å². The van der Waals surface area contributed by atoms with Gasteiger partial charge in [0.2, 0.25) is 5.91 Å². The van der Waals surface area contributed by atoms with Crippen molar-refractivity contribution in [2.75, 3.05) is 16.4 Å². The highest BCUT2D eigenvalue weighted by atomic mass is 35.5. The van der Waals surface area contributed by atoms with Gasteiger partial charge >= 0.3 is 6.18 Å². The third-order valence-electron chi connectivity index (χ3n) is 4.36. The van der Waals surface area contributed by atoms with Crippen molar-refractivity contribution in [1.82, 2.24) is 0 Å². The second kappa shape index (κ2) is 10.1. The lowest BCUT2D eigenvalue weighted by Gasteiger charge is -2.14. The van der Waals surface area contributed by atoms with Gasteiger partial charge in [0.1, 0.15) is 0 Å². The monoisotopic (exact) mass is 478 g/mol. The van der Waals surface area contributed by atoms with Crippen LogP contribution in [0, 0.1) is 6.92 Å². The fraction of sp³-hybridized carbons (Fsp3) is 0.130. The molecule has 2 N–H and O–H groups in total. The van der Waals surface area contributed by atoms with E-state index in [0.29, 0.717) is 11.3 Å². The van der Waals surface area contributed by atoms with Gasteiger partial charge in [-0.25, -0.2) is 0 Å². The van der Waals surface area contributed by atoms with Gasteiger partial charge in [-0.1, -0.05) is 29.3 Å². The minimum absolute atomic E-state index is 0.0701. The number of benzene rings is 3. The summed E-state index contributed by atoms with van der Waals surface area (Å²) in [5.74, 6) is -0.914. The van der Waals surface area contributed by atoms with Crippen molar-refractivity contribution in [2.45, 2.75) is 18.0 Å². The average molecular weight is 479 g/mol. The van der Waals surface area contributed by atoms with Gasteiger partial charge in [0.05, 0.1) is 17.0 Å². The van der Waals surface area contributed by atoms with E-state index in [9.17, 15) is 22.8 Å². The molecule has 0 aromatic heterocycles. The van der Waals surface area contributed by atoms with Crippen LogP contribution in [0.2, 0.25) is 5.02 Å². The zero-order valence-electron chi connectivity index (χ0n) is 16.8. The van der Waals surface area contributed by atoms with E-state index in [4.69, 9.17) is 11.6 Å². The lowest BCUT2D eigenvalue weighted by Crippen LogP contribution is -2.18. The Kier molecular flexibility index (Phi) is 7.48. The molecule has 0 saturated carbocycles. The summed E-state index contributed by atoms with van der Waals surface area (Å²) in [6.07, 6.45) is -4.64. The number of hydrogen-bond donors (Lipinski definition) is 2. The molecule has 9 heteroatoms. The maximum atomic E-state index is 13.1. The quantitative estimate of drug-likeness (QED) is 0.390. The van der Waals surface area contributed by atoms with Gasteiger partial charge in [0.15, 0.2) is 0 Å². The van der Waals surface area contributed by atoms with Gasteiger partial charge in [0.25, 0.3) is 5.91 Å². The highest BCUT2D eigenvalue weighted by Gasteiger charge is 2.34. The number of amides is 2. The first-order chi connectivity index (χ1) is 15.1. The predicted molar refractivity (Wildman–Crippen MR) is 121 cm³/mol. The zero-order valence-corrected chi connectivity index (χ0v) is 18.4. The van der Waals surface area contributed by atoms with Crippen LogP contribution < -0.4 is 10.6 Å². The summed E-state index contributed by atoms with van der Waals surface area (Å²) < 4.78 is 39.4. The number of rotatable bonds is 6. The molecule has 166 valence electrons. The van der Waals surface area contributed by atoms with Crippen molar-refractivity contribution in [1.29, 1.82) is 0 Å². The van der Waals surface area contributed by atoms with Gasteiger partial charge < -0.3 is 10.6 Å². The molecular weight excluding hydrogens is 461 g/mol. The van der Waals surface area contributed by atoms with E-state index in [2.05, 4.69) is 10.6 Å². The Morgan fingerprint density at radius 1 is 0.938 bits per heavy atom. The number of alkyl halides is 3. The standard InChI is InChI=1S/C23H18ClF3N2O2S/c1-14-2-4-15(5-3-14)22(31)28-17-7-9-18(10-8-17)32-13-21(30)29-20-11-6-16(24)12-19(20)23(25,26)27/h2-12H,13H2,1H3,(H,28,31)(H,29,30). The summed E-state index contributed by atoms with van der Waals surface area (Å²) in [4.78, 5) is 25.1. The van der Waals surface area contributed by atoms with Crippen molar-refractivity contribution in [2.24, 2.45) is 0 Å². The zero-order chi connectivity index (χ0) is 23.3. The van der Waals surface area contributed by atoms with Gasteiger partial charge in [-0.2, -0.15) is 13.2 Å². The maximum absolute atomic E-state index is 13.1. The molecule has 3 aromatic rings. The number of thioether (sulfide) groups is 1. The Morgan fingerprint density at radius 3 is 2.22 bits per heavy atom. The molecule has 0 aliphatic carbocycles. The maximum Gasteiger partial charge on any atom is 0.418 e. The van der Waals surface area contributed by atoms with Gasteiger partial charge in [-0.05, 0) is 61.5 Å². The average Bonchev–Trinajstić information content (AvgIpc) is 2.74. The minimum atomic E-state index is -4.64. The first-order valence-electron chi connectivity index (χ1n) is 9.39. The van der Waals surface area contributed by atoms with Crippen molar-refractivity contribution in [3.8, 4) is 0 Å². The third-order valence-corrected chi connectivity index (χ3v) is 5.60. The highest BCUT2D eigenvalue weighted by molar-refractivity contribution is 8.00. The van der Waals surface area contributed by atoms with Crippen LogP contribution in [0.5, 0.6) is 0 Å². The van der Waals surface area contributed by atoms with E-state index in [1.165, 1.54) is 6.07 Å². The summed E-state index contributed by atoms with van der Waals surface area (Å²) in [6.45, 7) is 1.93.